The van der Waals surface area contributed by atoms with Gasteiger partial charge in [0.2, 0.25) is 47.3 Å². The highest BCUT2D eigenvalue weighted by molar-refractivity contribution is 7.98. The zero-order valence-electron chi connectivity index (χ0n) is 62.8. The summed E-state index contributed by atoms with van der Waals surface area (Å²) in [5, 5.41) is 44.8. The molecule has 0 aliphatic carbocycles. The molecule has 4 aromatic rings. The van der Waals surface area contributed by atoms with Crippen molar-refractivity contribution in [3.05, 3.63) is 102 Å². The number of carbonyl (C=O) groups excluding carboxylic acids is 12. The highest BCUT2D eigenvalue weighted by Gasteiger charge is 2.40. The van der Waals surface area contributed by atoms with E-state index in [-0.39, 0.29) is 63.0 Å². The summed E-state index contributed by atoms with van der Waals surface area (Å²) in [5.74, 6) is -15.1. The Bertz CT molecular complexity index is 3500. The number of Topliss-reactive ketones (excluding diaryl/α,β-unsaturated/α-hetero) is 4. The molecule has 12 atom stereocenters. The number of amides is 8. The van der Waals surface area contributed by atoms with Crippen molar-refractivity contribution in [3.63, 3.8) is 0 Å². The number of carbonyl (C=O) groups is 12. The van der Waals surface area contributed by atoms with Crippen LogP contribution >= 0.6 is 11.8 Å². The zero-order chi connectivity index (χ0) is 76.4. The normalized spacial score (nSPS) is 24.8. The number of hydrogen-bond acceptors (Lipinski definition) is 15. The molecule has 1 fully saturated rings. The van der Waals surface area contributed by atoms with Gasteiger partial charge in [0.1, 0.15) is 29.9 Å². The number of aromatic nitrogens is 1. The fourth-order valence-corrected chi connectivity index (χ4v) is 13.5. The van der Waals surface area contributed by atoms with Crippen LogP contribution in [0.3, 0.4) is 0 Å². The number of phenolic OH excluding ortho intramolecular Hbond substituents is 1. The standard InChI is InChI=1S/C79H115N9O14S/c1-15-16-18-25-52-38-66(93)68(46(6)7)86-74(97)55(43-89)40-65(92)61(34-44(2)3)82-73(96)53(37-54-42-80-59-27-22-21-26-57(54)59)39-64(91)60(32-33-103-14)81-78(101)70(48(10)11)88-79(102)71(49(12)13)87-77(100)63(36-51-28-30-56(90)31-29-51)84-76(99)62(35-50-23-19-17-20-24-50)83-75(98)58(45(4)5)41-67(94)69(47(8)9)85-72(52)95/h17,19-24,26-31,42,44-49,52-53,55,58,60-63,68-71,80,89-90H,15-16,18,25,32-41,43H2,1-14H3,(H,81,101)(H,82,96)(H,83,98)(H,84,99)(H,85,95)(H,86,97)(H,87,100)(H,88,102)/t52-,53-,55+,58+,60+,61+,62+,63+,68+,69+,70-,71+/m1/s1. The Hall–Kier alpha value is -8.25. The fourth-order valence-electron chi connectivity index (χ4n) is 13.0. The number of rotatable bonds is 21. The molecule has 24 heteroatoms. The van der Waals surface area contributed by atoms with Crippen LogP contribution in [-0.2, 0) is 76.8 Å². The molecular formula is C79H115N9O14S. The molecule has 1 saturated heterocycles. The molecule has 0 spiro atoms. The number of H-pyrrole nitrogens is 1. The van der Waals surface area contributed by atoms with E-state index in [1.165, 1.54) is 23.9 Å². The molecule has 5 rings (SSSR count). The van der Waals surface area contributed by atoms with Gasteiger partial charge in [0, 0.05) is 73.4 Å². The van der Waals surface area contributed by atoms with E-state index in [4.69, 9.17) is 0 Å². The minimum atomic E-state index is -1.43. The van der Waals surface area contributed by atoms with Crippen LogP contribution in [0, 0.1) is 59.2 Å². The predicted molar refractivity (Wildman–Crippen MR) is 400 cm³/mol. The minimum Gasteiger partial charge on any atom is -0.508 e. The third kappa shape index (κ3) is 26.4. The quantitative estimate of drug-likeness (QED) is 0.0355. The lowest BCUT2D eigenvalue weighted by molar-refractivity contribution is -0.138. The Morgan fingerprint density at radius 1 is 0.427 bits per heavy atom. The molecule has 2 heterocycles. The lowest BCUT2D eigenvalue weighted by Gasteiger charge is -2.30. The topological polar surface area (TPSA) is 357 Å². The summed E-state index contributed by atoms with van der Waals surface area (Å²) in [7, 11) is 0. The van der Waals surface area contributed by atoms with Crippen molar-refractivity contribution in [3.8, 4) is 5.75 Å². The highest BCUT2D eigenvalue weighted by atomic mass is 32.2. The number of thioether (sulfide) groups is 1. The lowest BCUT2D eigenvalue weighted by atomic mass is 9.84. The van der Waals surface area contributed by atoms with E-state index in [9.17, 15) is 53.4 Å². The Kier molecular flexibility index (Phi) is 34.7. The molecule has 8 amide bonds. The summed E-state index contributed by atoms with van der Waals surface area (Å²) in [4.78, 5) is 181. The lowest BCUT2D eigenvalue weighted by Crippen LogP contribution is -2.61. The minimum absolute atomic E-state index is 0.00717. The first kappa shape index (κ1) is 85.4. The Balaban J connectivity index is 1.64. The Labute approximate surface area is 612 Å². The van der Waals surface area contributed by atoms with Gasteiger partial charge in [0.25, 0.3) is 0 Å². The van der Waals surface area contributed by atoms with E-state index >= 15 is 14.4 Å². The molecule has 0 saturated carbocycles. The molecule has 11 N–H and O–H groups in total. The first-order valence-electron chi connectivity index (χ1n) is 36.8. The zero-order valence-corrected chi connectivity index (χ0v) is 63.6. The van der Waals surface area contributed by atoms with Crippen molar-refractivity contribution in [1.82, 2.24) is 47.5 Å². The highest BCUT2D eigenvalue weighted by Crippen LogP contribution is 2.27. The number of nitrogens with one attached hydrogen (secondary N) is 9. The fraction of sp³-hybridized carbons (Fsp3) is 0.595. The number of fused-ring (bicyclic) bond motifs is 1. The van der Waals surface area contributed by atoms with Crippen LogP contribution in [0.1, 0.15) is 171 Å². The average Bonchev–Trinajstić information content (AvgIpc) is 1.77. The second kappa shape index (κ2) is 41.9. The van der Waals surface area contributed by atoms with E-state index in [1.807, 2.05) is 51.3 Å². The van der Waals surface area contributed by atoms with E-state index in [0.717, 1.165) is 23.7 Å². The van der Waals surface area contributed by atoms with E-state index in [2.05, 4.69) is 47.5 Å². The summed E-state index contributed by atoms with van der Waals surface area (Å²) in [5.41, 5.74) is 2.60. The van der Waals surface area contributed by atoms with Crippen molar-refractivity contribution < 1.29 is 67.7 Å². The number of ketones is 4. The van der Waals surface area contributed by atoms with Crippen LogP contribution < -0.4 is 42.5 Å². The predicted octanol–water partition coefficient (Wildman–Crippen LogP) is 7.75. The average molecular weight is 1450 g/mol. The maximum Gasteiger partial charge on any atom is 0.243 e. The summed E-state index contributed by atoms with van der Waals surface area (Å²) < 4.78 is 0. The monoisotopic (exact) mass is 1450 g/mol. The van der Waals surface area contributed by atoms with Crippen LogP contribution in [0.5, 0.6) is 5.75 Å². The van der Waals surface area contributed by atoms with E-state index < -0.39 is 191 Å². The van der Waals surface area contributed by atoms with Crippen LogP contribution in [0.4, 0.5) is 0 Å². The number of hydrogen-bond donors (Lipinski definition) is 11. The van der Waals surface area contributed by atoms with Crippen molar-refractivity contribution >= 4 is 93.1 Å². The second-order valence-electron chi connectivity index (χ2n) is 30.0. The maximum atomic E-state index is 15.1. The van der Waals surface area contributed by atoms with Gasteiger partial charge in [-0.15, -0.1) is 0 Å². The first-order valence-corrected chi connectivity index (χ1v) is 38.2. The van der Waals surface area contributed by atoms with Crippen molar-refractivity contribution in [2.24, 2.45) is 59.2 Å². The smallest absolute Gasteiger partial charge is 0.243 e. The summed E-state index contributed by atoms with van der Waals surface area (Å²) in [6.07, 6.45) is 4.17. The molecule has 3 aromatic carbocycles. The van der Waals surface area contributed by atoms with Crippen molar-refractivity contribution in [2.45, 2.75) is 222 Å². The summed E-state index contributed by atoms with van der Waals surface area (Å²) in [6, 6.07) is 12.1. The van der Waals surface area contributed by atoms with Crippen LogP contribution in [0.15, 0.2) is 85.1 Å². The van der Waals surface area contributed by atoms with Gasteiger partial charge >= 0.3 is 0 Å². The summed E-state index contributed by atoms with van der Waals surface area (Å²) in [6.45, 7) is 22.0. The van der Waals surface area contributed by atoms with Crippen LogP contribution in [0.25, 0.3) is 10.9 Å². The number of phenols is 1. The number of aromatic hydroxyl groups is 1. The first-order chi connectivity index (χ1) is 48.8. The summed E-state index contributed by atoms with van der Waals surface area (Å²) >= 11 is 1.42. The van der Waals surface area contributed by atoms with Crippen molar-refractivity contribution in [2.75, 3.05) is 18.6 Å². The maximum absolute atomic E-state index is 15.1. The van der Waals surface area contributed by atoms with Gasteiger partial charge in [-0.1, -0.05) is 170 Å². The van der Waals surface area contributed by atoms with Gasteiger partial charge in [0.15, 0.2) is 23.1 Å². The third-order valence-electron chi connectivity index (χ3n) is 19.3. The van der Waals surface area contributed by atoms with Crippen molar-refractivity contribution in [1.29, 1.82) is 0 Å². The van der Waals surface area contributed by atoms with Gasteiger partial charge in [-0.25, -0.2) is 0 Å². The van der Waals surface area contributed by atoms with Gasteiger partial charge in [0.05, 0.1) is 36.7 Å². The molecule has 23 nitrogen and oxygen atoms in total. The number of para-hydroxylation sites is 1. The largest absolute Gasteiger partial charge is 0.508 e. The molecule has 566 valence electrons. The van der Waals surface area contributed by atoms with E-state index in [1.54, 1.807) is 118 Å². The SMILES string of the molecule is CCCCC[C@@H]1CC(=O)[C@H](C(C)C)NC(=O)[C@H](CO)CC(=O)[C@H](CC(C)C)NC(=O)[C@H](Cc2c[nH]c3ccccc23)CC(=O)[C@H](CCSC)NC(=O)[C@@H](C(C)C)NC(=O)[C@H](C(C)C)NC(=O)[C@H](Cc2ccc(O)cc2)NC(=O)[C@H](Cc2ccccc2)NC(=O)[C@H](C(C)C)CC(=O)[C@H](C(C)C)NC1=O. The molecule has 1 aliphatic rings. The molecule has 103 heavy (non-hydrogen) atoms. The van der Waals surface area contributed by atoms with Crippen LogP contribution in [-0.4, -0.2) is 153 Å². The number of benzene rings is 3. The Morgan fingerprint density at radius 3 is 1.44 bits per heavy atom. The van der Waals surface area contributed by atoms with Gasteiger partial charge in [-0.2, -0.15) is 11.8 Å². The molecular weight excluding hydrogens is 1330 g/mol. The number of aromatic amines is 1. The molecule has 1 aromatic heterocycles. The molecule has 0 unspecified atom stereocenters. The second-order valence-corrected chi connectivity index (χ2v) is 31.0. The number of aliphatic hydroxyl groups is 1. The van der Waals surface area contributed by atoms with Gasteiger partial charge in [-0.05, 0) is 108 Å². The van der Waals surface area contributed by atoms with E-state index in [0.29, 0.717) is 28.9 Å². The number of aliphatic hydroxyl groups excluding tert-OH is 1. The molecule has 0 bridgehead atoms. The van der Waals surface area contributed by atoms with Gasteiger partial charge < -0.3 is 57.7 Å². The van der Waals surface area contributed by atoms with Crippen LogP contribution in [0.2, 0.25) is 0 Å². The third-order valence-corrected chi connectivity index (χ3v) is 19.9. The molecule has 0 radical (unpaired) electrons. The Morgan fingerprint density at radius 2 is 0.883 bits per heavy atom. The molecule has 1 aliphatic heterocycles. The van der Waals surface area contributed by atoms with Gasteiger partial charge in [-0.3, -0.25) is 57.5 Å². The number of unbranched alkanes of at least 4 members (excludes halogenated alkanes) is 2.